The molecule has 4 unspecified atom stereocenters. The molecule has 19 heavy (non-hydrogen) atoms. The lowest BCUT2D eigenvalue weighted by Gasteiger charge is -2.47. The molecule has 0 radical (unpaired) electrons. The molecule has 0 aromatic carbocycles. The van der Waals surface area contributed by atoms with E-state index in [1.54, 1.807) is 0 Å². The van der Waals surface area contributed by atoms with E-state index in [4.69, 9.17) is 4.74 Å². The Hall–Kier alpha value is -0.570. The van der Waals surface area contributed by atoms with Crippen LogP contribution in [0, 0.1) is 17.8 Å². The molecule has 0 aliphatic heterocycles. The third-order valence-corrected chi connectivity index (χ3v) is 4.74. The fourth-order valence-electron chi connectivity index (χ4n) is 3.60. The lowest BCUT2D eigenvalue weighted by atomic mass is 9.64. The molecule has 3 nitrogen and oxygen atoms in total. The van der Waals surface area contributed by atoms with E-state index in [9.17, 15) is 4.79 Å². The number of nitrogens with one attached hydrogen (secondary N) is 1. The van der Waals surface area contributed by atoms with Crippen LogP contribution in [0.15, 0.2) is 0 Å². The Balaban J connectivity index is 3.10. The largest absolute Gasteiger partial charge is 0.468 e. The van der Waals surface area contributed by atoms with Crippen LogP contribution >= 0.6 is 0 Å². The summed E-state index contributed by atoms with van der Waals surface area (Å²) in [7, 11) is 1.51. The first kappa shape index (κ1) is 16.5. The Kier molecular flexibility index (Phi) is 5.84. The summed E-state index contributed by atoms with van der Waals surface area (Å²) in [5, 5.41) is 3.62. The number of carbonyl (C=O) groups is 1. The summed E-state index contributed by atoms with van der Waals surface area (Å²) in [5.74, 6) is 1.36. The molecule has 1 rings (SSSR count). The van der Waals surface area contributed by atoms with E-state index >= 15 is 0 Å². The van der Waals surface area contributed by atoms with Gasteiger partial charge in [0.1, 0.15) is 5.54 Å². The van der Waals surface area contributed by atoms with Gasteiger partial charge in [-0.25, -0.2) is 0 Å². The zero-order valence-corrected chi connectivity index (χ0v) is 13.5. The number of rotatable bonds is 5. The predicted molar refractivity (Wildman–Crippen MR) is 79.0 cm³/mol. The van der Waals surface area contributed by atoms with Gasteiger partial charge >= 0.3 is 5.97 Å². The van der Waals surface area contributed by atoms with Crippen LogP contribution in [-0.2, 0) is 9.53 Å². The highest BCUT2D eigenvalue weighted by Gasteiger charge is 2.51. The van der Waals surface area contributed by atoms with Crippen molar-refractivity contribution >= 4 is 5.97 Å². The normalized spacial score (nSPS) is 33.2. The lowest BCUT2D eigenvalue weighted by Crippen LogP contribution is -2.63. The van der Waals surface area contributed by atoms with Crippen LogP contribution < -0.4 is 5.32 Å². The van der Waals surface area contributed by atoms with Gasteiger partial charge in [-0.3, -0.25) is 10.1 Å². The summed E-state index contributed by atoms with van der Waals surface area (Å²) in [6.07, 6.45) is 4.24. The molecule has 1 aliphatic rings. The summed E-state index contributed by atoms with van der Waals surface area (Å²) >= 11 is 0. The molecule has 1 fully saturated rings. The molecule has 0 bridgehead atoms. The fraction of sp³-hybridized carbons (Fsp3) is 0.938. The van der Waals surface area contributed by atoms with E-state index in [-0.39, 0.29) is 5.97 Å². The van der Waals surface area contributed by atoms with E-state index in [2.05, 4.69) is 39.9 Å². The molecule has 1 saturated carbocycles. The van der Waals surface area contributed by atoms with Crippen molar-refractivity contribution in [2.24, 2.45) is 17.8 Å². The molecule has 0 amide bonds. The summed E-state index contributed by atoms with van der Waals surface area (Å²) in [4.78, 5) is 12.5. The van der Waals surface area contributed by atoms with E-state index < -0.39 is 5.54 Å². The Morgan fingerprint density at radius 3 is 2.47 bits per heavy atom. The maximum atomic E-state index is 12.5. The Morgan fingerprint density at radius 1 is 1.37 bits per heavy atom. The molecular formula is C16H31NO2. The van der Waals surface area contributed by atoms with Crippen molar-refractivity contribution in [3.05, 3.63) is 0 Å². The van der Waals surface area contributed by atoms with Gasteiger partial charge in [-0.15, -0.1) is 0 Å². The van der Waals surface area contributed by atoms with Gasteiger partial charge in [0.15, 0.2) is 0 Å². The predicted octanol–water partition coefficient (Wildman–Crippen LogP) is 3.38. The third-order valence-electron chi connectivity index (χ3n) is 4.74. The molecule has 1 aliphatic carbocycles. The quantitative estimate of drug-likeness (QED) is 0.778. The SMILES string of the molecule is CCC(C)NC1(C(=O)OC)CC(C)CCC1C(C)C. The van der Waals surface area contributed by atoms with Gasteiger partial charge in [-0.05, 0) is 43.9 Å². The number of carbonyl (C=O) groups excluding carboxylic acids is 1. The number of hydrogen-bond acceptors (Lipinski definition) is 3. The third kappa shape index (κ3) is 3.50. The first-order valence-corrected chi connectivity index (χ1v) is 7.73. The fourth-order valence-corrected chi connectivity index (χ4v) is 3.60. The van der Waals surface area contributed by atoms with Crippen molar-refractivity contribution in [2.75, 3.05) is 7.11 Å². The summed E-state index contributed by atoms with van der Waals surface area (Å²) in [6, 6.07) is 0.339. The zero-order valence-electron chi connectivity index (χ0n) is 13.5. The van der Waals surface area contributed by atoms with Gasteiger partial charge in [0.05, 0.1) is 7.11 Å². The molecule has 112 valence electrons. The second-order valence-corrected chi connectivity index (χ2v) is 6.65. The maximum Gasteiger partial charge on any atom is 0.326 e. The number of esters is 1. The van der Waals surface area contributed by atoms with Crippen LogP contribution in [0.2, 0.25) is 0 Å². The number of methoxy groups -OCH3 is 1. The Labute approximate surface area is 118 Å². The highest BCUT2D eigenvalue weighted by Crippen LogP contribution is 2.42. The molecule has 3 heteroatoms. The van der Waals surface area contributed by atoms with Crippen molar-refractivity contribution in [3.8, 4) is 0 Å². The highest BCUT2D eigenvalue weighted by molar-refractivity contribution is 5.81. The van der Waals surface area contributed by atoms with Gasteiger partial charge in [-0.2, -0.15) is 0 Å². The van der Waals surface area contributed by atoms with E-state index in [1.807, 2.05) is 0 Å². The number of ether oxygens (including phenoxy) is 1. The lowest BCUT2D eigenvalue weighted by molar-refractivity contribution is -0.156. The van der Waals surface area contributed by atoms with Gasteiger partial charge < -0.3 is 4.74 Å². The minimum Gasteiger partial charge on any atom is -0.468 e. The molecular weight excluding hydrogens is 238 g/mol. The van der Waals surface area contributed by atoms with Gasteiger partial charge in [0, 0.05) is 6.04 Å². The van der Waals surface area contributed by atoms with E-state index in [0.717, 1.165) is 19.3 Å². The van der Waals surface area contributed by atoms with Crippen molar-refractivity contribution in [2.45, 2.75) is 71.9 Å². The number of hydrogen-bond donors (Lipinski definition) is 1. The summed E-state index contributed by atoms with van der Waals surface area (Å²) in [5.41, 5.74) is -0.490. The zero-order chi connectivity index (χ0) is 14.6. The average molecular weight is 269 g/mol. The van der Waals surface area contributed by atoms with Gasteiger partial charge in [-0.1, -0.05) is 34.1 Å². The van der Waals surface area contributed by atoms with Crippen LogP contribution in [0.4, 0.5) is 0 Å². The molecule has 1 N–H and O–H groups in total. The van der Waals surface area contributed by atoms with Crippen molar-refractivity contribution in [3.63, 3.8) is 0 Å². The molecule has 0 heterocycles. The smallest absolute Gasteiger partial charge is 0.326 e. The second-order valence-electron chi connectivity index (χ2n) is 6.65. The molecule has 0 aromatic rings. The topological polar surface area (TPSA) is 38.3 Å². The minimum absolute atomic E-state index is 0.0713. The van der Waals surface area contributed by atoms with E-state index in [1.165, 1.54) is 13.5 Å². The average Bonchev–Trinajstić information content (AvgIpc) is 2.36. The molecule has 0 spiro atoms. The summed E-state index contributed by atoms with van der Waals surface area (Å²) in [6.45, 7) is 11.0. The monoisotopic (exact) mass is 269 g/mol. The Morgan fingerprint density at radius 2 is 2.00 bits per heavy atom. The van der Waals surface area contributed by atoms with Crippen molar-refractivity contribution < 1.29 is 9.53 Å². The van der Waals surface area contributed by atoms with E-state index in [0.29, 0.717) is 23.8 Å². The maximum absolute atomic E-state index is 12.5. The molecule has 0 saturated heterocycles. The van der Waals surface area contributed by atoms with Crippen molar-refractivity contribution in [1.82, 2.24) is 5.32 Å². The van der Waals surface area contributed by atoms with Crippen LogP contribution in [0.25, 0.3) is 0 Å². The first-order valence-electron chi connectivity index (χ1n) is 7.73. The first-order chi connectivity index (χ1) is 8.87. The van der Waals surface area contributed by atoms with Crippen LogP contribution in [0.1, 0.15) is 60.3 Å². The molecule has 4 atom stereocenters. The second kappa shape index (κ2) is 6.74. The summed E-state index contributed by atoms with van der Waals surface area (Å²) < 4.78 is 5.17. The Bertz CT molecular complexity index is 303. The molecule has 0 aromatic heterocycles. The minimum atomic E-state index is -0.490. The van der Waals surface area contributed by atoms with Gasteiger partial charge in [0.25, 0.3) is 0 Å². The van der Waals surface area contributed by atoms with Crippen LogP contribution in [0.3, 0.4) is 0 Å². The van der Waals surface area contributed by atoms with Crippen LogP contribution in [-0.4, -0.2) is 24.7 Å². The van der Waals surface area contributed by atoms with Crippen molar-refractivity contribution in [1.29, 1.82) is 0 Å². The van der Waals surface area contributed by atoms with Gasteiger partial charge in [0.2, 0.25) is 0 Å². The highest BCUT2D eigenvalue weighted by atomic mass is 16.5. The van der Waals surface area contributed by atoms with Crippen LogP contribution in [0.5, 0.6) is 0 Å². The standard InChI is InChI=1S/C16H31NO2/c1-7-13(5)17-16(15(18)19-6)10-12(4)8-9-14(16)11(2)3/h11-14,17H,7-10H2,1-6H3.